The van der Waals surface area contributed by atoms with Crippen LogP contribution in [0, 0.1) is 18.7 Å². The summed E-state index contributed by atoms with van der Waals surface area (Å²) in [5.74, 6) is -0.929. The van der Waals surface area contributed by atoms with Crippen LogP contribution in [0.5, 0.6) is 0 Å². The minimum absolute atomic E-state index is 0.0105. The molecule has 0 saturated carbocycles. The van der Waals surface area contributed by atoms with E-state index in [1.165, 1.54) is 34.0 Å². The largest absolute Gasteiger partial charge is 0.361 e. The summed E-state index contributed by atoms with van der Waals surface area (Å²) in [5, 5.41) is 2.41. The van der Waals surface area contributed by atoms with Gasteiger partial charge in [0.1, 0.15) is 5.82 Å². The molecule has 1 atom stereocenters. The zero-order chi connectivity index (χ0) is 27.4. The number of aromatic nitrogens is 2. The third-order valence-corrected chi connectivity index (χ3v) is 9.07. The minimum atomic E-state index is -0.427. The van der Waals surface area contributed by atoms with Gasteiger partial charge >= 0.3 is 0 Å². The number of para-hydroxylation sites is 2. The molecule has 0 aliphatic carbocycles. The Labute approximate surface area is 231 Å². The van der Waals surface area contributed by atoms with Crippen LogP contribution in [0.25, 0.3) is 21.8 Å². The SMILES string of the molecule is Cc1ccc(F)cc1N1C[C@H](C(=O)N2CCC(c3c[nH]c4ccccc34)(c3c[nH]c4ccccc34)CC2)CC1=O. The van der Waals surface area contributed by atoms with Crippen LogP contribution >= 0.6 is 0 Å². The molecule has 3 aromatic carbocycles. The number of carbonyl (C=O) groups excluding carboxylic acids is 2. The number of nitrogens with zero attached hydrogens (tertiary/aromatic N) is 2. The van der Waals surface area contributed by atoms with Crippen LogP contribution < -0.4 is 4.90 Å². The van der Waals surface area contributed by atoms with Crippen molar-refractivity contribution in [1.82, 2.24) is 14.9 Å². The van der Waals surface area contributed by atoms with Gasteiger partial charge in [0.05, 0.1) is 5.92 Å². The maximum absolute atomic E-state index is 14.0. The molecule has 2 saturated heterocycles. The highest BCUT2D eigenvalue weighted by molar-refractivity contribution is 6.01. The number of aromatic amines is 2. The number of likely N-dealkylation sites (tertiary alicyclic amines) is 1. The molecule has 2 aliphatic rings. The summed E-state index contributed by atoms with van der Waals surface area (Å²) in [6.45, 7) is 3.34. The van der Waals surface area contributed by atoms with Crippen LogP contribution in [0.3, 0.4) is 0 Å². The Morgan fingerprint density at radius 1 is 0.900 bits per heavy atom. The van der Waals surface area contributed by atoms with Gasteiger partial charge in [0.25, 0.3) is 0 Å². The van der Waals surface area contributed by atoms with E-state index < -0.39 is 5.92 Å². The molecule has 4 heterocycles. The van der Waals surface area contributed by atoms with E-state index in [0.717, 1.165) is 29.4 Å². The average Bonchev–Trinajstić information content (AvgIpc) is 3.71. The van der Waals surface area contributed by atoms with E-state index in [4.69, 9.17) is 0 Å². The number of fused-ring (bicyclic) bond motifs is 2. The van der Waals surface area contributed by atoms with Gasteiger partial charge in [-0.1, -0.05) is 42.5 Å². The van der Waals surface area contributed by atoms with E-state index in [-0.39, 0.29) is 36.0 Å². The molecular weight excluding hydrogens is 503 g/mol. The summed E-state index contributed by atoms with van der Waals surface area (Å²) < 4.78 is 14.0. The number of carbonyl (C=O) groups is 2. The highest BCUT2D eigenvalue weighted by Gasteiger charge is 2.44. The lowest BCUT2D eigenvalue weighted by Gasteiger charge is -2.43. The molecular formula is C33H31FN4O2. The van der Waals surface area contributed by atoms with Crippen LogP contribution in [-0.2, 0) is 15.0 Å². The number of H-pyrrole nitrogens is 2. The van der Waals surface area contributed by atoms with Gasteiger partial charge in [0, 0.05) is 71.4 Å². The second-order valence-electron chi connectivity index (χ2n) is 11.2. The molecule has 0 unspecified atom stereocenters. The third kappa shape index (κ3) is 3.83. The molecule has 0 bridgehead atoms. The zero-order valence-corrected chi connectivity index (χ0v) is 22.4. The molecule has 2 N–H and O–H groups in total. The van der Waals surface area contributed by atoms with Crippen molar-refractivity contribution in [2.45, 2.75) is 31.6 Å². The number of anilines is 1. The van der Waals surface area contributed by atoms with Crippen LogP contribution in [0.4, 0.5) is 10.1 Å². The number of rotatable bonds is 4. The van der Waals surface area contributed by atoms with Crippen LogP contribution in [0.15, 0.2) is 79.1 Å². The highest BCUT2D eigenvalue weighted by atomic mass is 19.1. The summed E-state index contributed by atoms with van der Waals surface area (Å²) in [4.78, 5) is 37.1. The number of piperidine rings is 1. The van der Waals surface area contributed by atoms with E-state index in [9.17, 15) is 14.0 Å². The lowest BCUT2D eigenvalue weighted by molar-refractivity contribution is -0.137. The first-order chi connectivity index (χ1) is 19.4. The van der Waals surface area contributed by atoms with Crippen molar-refractivity contribution >= 4 is 39.3 Å². The average molecular weight is 535 g/mol. The molecule has 202 valence electrons. The lowest BCUT2D eigenvalue weighted by Crippen LogP contribution is -2.47. The number of halogens is 1. The maximum atomic E-state index is 14.0. The summed E-state index contributed by atoms with van der Waals surface area (Å²) in [5.41, 5.74) is 5.82. The van der Waals surface area contributed by atoms with Crippen molar-refractivity contribution in [2.75, 3.05) is 24.5 Å². The Bertz CT molecular complexity index is 1680. The van der Waals surface area contributed by atoms with Gasteiger partial charge in [-0.3, -0.25) is 9.59 Å². The van der Waals surface area contributed by atoms with Gasteiger partial charge in [-0.2, -0.15) is 0 Å². The third-order valence-electron chi connectivity index (χ3n) is 9.07. The van der Waals surface area contributed by atoms with Gasteiger partial charge < -0.3 is 19.8 Å². The first kappa shape index (κ1) is 24.6. The molecule has 2 aliphatic heterocycles. The lowest BCUT2D eigenvalue weighted by atomic mass is 9.67. The smallest absolute Gasteiger partial charge is 0.228 e. The number of benzene rings is 3. The van der Waals surface area contributed by atoms with E-state index in [1.807, 2.05) is 24.0 Å². The summed E-state index contributed by atoms with van der Waals surface area (Å²) >= 11 is 0. The van der Waals surface area contributed by atoms with E-state index >= 15 is 0 Å². The number of hydrogen-bond donors (Lipinski definition) is 2. The van der Waals surface area contributed by atoms with Crippen LogP contribution in [0.2, 0.25) is 0 Å². The fourth-order valence-electron chi connectivity index (χ4n) is 6.96. The number of hydrogen-bond acceptors (Lipinski definition) is 2. The summed E-state index contributed by atoms with van der Waals surface area (Å²) in [7, 11) is 0. The van der Waals surface area contributed by atoms with E-state index in [2.05, 4.69) is 58.8 Å². The molecule has 2 amide bonds. The first-order valence-corrected chi connectivity index (χ1v) is 13.9. The van der Waals surface area contributed by atoms with Crippen molar-refractivity contribution in [2.24, 2.45) is 5.92 Å². The van der Waals surface area contributed by atoms with Crippen molar-refractivity contribution in [3.05, 3.63) is 102 Å². The standard InChI is InChI=1S/C33H31FN4O2/c1-21-10-11-23(34)17-30(21)38-20-22(16-31(38)39)32(40)37-14-12-33(13-15-37,26-18-35-28-8-4-2-6-24(26)28)27-19-36-29-9-5-3-7-25(27)29/h2-11,17-19,22,35-36H,12-16,20H2,1H3/t22-/m1/s1. The van der Waals surface area contributed by atoms with E-state index in [0.29, 0.717) is 18.8 Å². The first-order valence-electron chi connectivity index (χ1n) is 13.9. The highest BCUT2D eigenvalue weighted by Crippen LogP contribution is 2.47. The molecule has 0 spiro atoms. The molecule has 5 aromatic rings. The Hall–Kier alpha value is -4.39. The second-order valence-corrected chi connectivity index (χ2v) is 11.2. The maximum Gasteiger partial charge on any atom is 0.228 e. The van der Waals surface area contributed by atoms with Gasteiger partial charge in [-0.05, 0) is 60.7 Å². The minimum Gasteiger partial charge on any atom is -0.361 e. The number of amides is 2. The molecule has 2 fully saturated rings. The summed E-state index contributed by atoms with van der Waals surface area (Å²) in [6, 6.07) is 21.2. The molecule has 6 nitrogen and oxygen atoms in total. The molecule has 40 heavy (non-hydrogen) atoms. The van der Waals surface area contributed by atoms with Crippen LogP contribution in [-0.4, -0.2) is 46.3 Å². The van der Waals surface area contributed by atoms with Crippen molar-refractivity contribution < 1.29 is 14.0 Å². The Morgan fingerprint density at radius 2 is 1.50 bits per heavy atom. The predicted octanol–water partition coefficient (Wildman–Crippen LogP) is 6.06. The zero-order valence-electron chi connectivity index (χ0n) is 22.4. The van der Waals surface area contributed by atoms with Crippen molar-refractivity contribution in [1.29, 1.82) is 0 Å². The topological polar surface area (TPSA) is 72.2 Å². The predicted molar refractivity (Wildman–Crippen MR) is 155 cm³/mol. The Balaban J connectivity index is 1.18. The number of aryl methyl sites for hydroxylation is 1. The number of nitrogens with one attached hydrogen (secondary N) is 2. The van der Waals surface area contributed by atoms with Gasteiger partial charge in [-0.25, -0.2) is 4.39 Å². The van der Waals surface area contributed by atoms with Crippen molar-refractivity contribution in [3.8, 4) is 0 Å². The monoisotopic (exact) mass is 534 g/mol. The summed E-state index contributed by atoms with van der Waals surface area (Å²) in [6.07, 6.45) is 5.98. The normalized spacial score (nSPS) is 19.1. The molecule has 7 heteroatoms. The van der Waals surface area contributed by atoms with E-state index in [1.54, 1.807) is 11.0 Å². The van der Waals surface area contributed by atoms with Gasteiger partial charge in [0.2, 0.25) is 11.8 Å². The Morgan fingerprint density at radius 3 is 2.12 bits per heavy atom. The fraction of sp³-hybridized carbons (Fsp3) is 0.273. The van der Waals surface area contributed by atoms with Gasteiger partial charge in [0.15, 0.2) is 0 Å². The van der Waals surface area contributed by atoms with Crippen molar-refractivity contribution in [3.63, 3.8) is 0 Å². The molecule has 2 aromatic heterocycles. The Kier molecular flexibility index (Phi) is 5.77. The van der Waals surface area contributed by atoms with Gasteiger partial charge in [-0.15, -0.1) is 0 Å². The second kappa shape index (κ2) is 9.37. The molecule has 0 radical (unpaired) electrons. The molecule has 7 rings (SSSR count). The van der Waals surface area contributed by atoms with Crippen LogP contribution in [0.1, 0.15) is 36.0 Å². The fourth-order valence-corrected chi connectivity index (χ4v) is 6.96. The quantitative estimate of drug-likeness (QED) is 0.294.